The van der Waals surface area contributed by atoms with Crippen LogP contribution in [0.1, 0.15) is 42.5 Å². The van der Waals surface area contributed by atoms with E-state index in [9.17, 15) is 4.39 Å². The quantitative estimate of drug-likeness (QED) is 0.436. The summed E-state index contributed by atoms with van der Waals surface area (Å²) in [6.07, 6.45) is 2.83. The molecule has 2 atom stereocenters. The van der Waals surface area contributed by atoms with Gasteiger partial charge in [0.2, 0.25) is 0 Å². The summed E-state index contributed by atoms with van der Waals surface area (Å²) in [6.45, 7) is 10.1. The largest absolute Gasteiger partial charge is 0.399 e. The lowest BCUT2D eigenvalue weighted by atomic mass is 9.94. The molecule has 0 heterocycles. The van der Waals surface area contributed by atoms with Crippen molar-refractivity contribution in [3.05, 3.63) is 82.7 Å². The van der Waals surface area contributed by atoms with Crippen LogP contribution in [-0.2, 0) is 21.7 Å². The third kappa shape index (κ3) is 4.56. The second kappa shape index (κ2) is 8.60. The van der Waals surface area contributed by atoms with E-state index >= 15 is 0 Å². The van der Waals surface area contributed by atoms with E-state index in [4.69, 9.17) is 9.68 Å². The predicted octanol–water partition coefficient (Wildman–Crippen LogP) is 5.54. The molecule has 0 spiro atoms. The van der Waals surface area contributed by atoms with Gasteiger partial charge in [-0.25, -0.2) is 4.39 Å². The molecule has 2 aromatic rings. The Labute approximate surface area is 171 Å². The first-order valence-corrected chi connectivity index (χ1v) is 9.64. The lowest BCUT2D eigenvalue weighted by Crippen LogP contribution is -2.08. The van der Waals surface area contributed by atoms with Gasteiger partial charge in [-0.1, -0.05) is 60.2 Å². The lowest BCUT2D eigenvalue weighted by molar-refractivity contribution is 0.131. The molecular weight excluding hydrogens is 367 g/mol. The smallest absolute Gasteiger partial charge is 0.142 e. The molecule has 1 fully saturated rings. The van der Waals surface area contributed by atoms with Gasteiger partial charge >= 0.3 is 0 Å². The molecule has 152 valence electrons. The minimum Gasteiger partial charge on any atom is -0.399 e. The number of rotatable bonds is 8. The van der Waals surface area contributed by atoms with Crippen LogP contribution >= 0.6 is 0 Å². The number of oxime groups is 2. The first-order valence-electron chi connectivity index (χ1n) is 9.64. The van der Waals surface area contributed by atoms with Gasteiger partial charge in [0.05, 0.1) is 0 Å². The number of allylic oxidation sites excluding steroid dienone is 1. The lowest BCUT2D eigenvalue weighted by Gasteiger charge is -2.12. The molecule has 0 N–H and O–H groups in total. The average Bonchev–Trinajstić information content (AvgIpc) is 3.37. The maximum absolute atomic E-state index is 13.5. The van der Waals surface area contributed by atoms with Crippen molar-refractivity contribution in [2.45, 2.75) is 39.2 Å². The third-order valence-corrected chi connectivity index (χ3v) is 5.51. The fraction of sp³-hybridized carbons (Fsp3) is 0.333. The molecule has 5 heteroatoms. The van der Waals surface area contributed by atoms with Gasteiger partial charge in [-0.2, -0.15) is 0 Å². The van der Waals surface area contributed by atoms with Gasteiger partial charge in [-0.15, -0.1) is 0 Å². The number of hydrogen-bond donors (Lipinski definition) is 0. The van der Waals surface area contributed by atoms with Gasteiger partial charge < -0.3 is 9.68 Å². The number of hydrogen-bond acceptors (Lipinski definition) is 4. The Kier molecular flexibility index (Phi) is 6.16. The fourth-order valence-corrected chi connectivity index (χ4v) is 3.50. The summed E-state index contributed by atoms with van der Waals surface area (Å²) >= 11 is 0. The SMILES string of the molecule is C=C(C)/C(=N/OC)c1ccccc1CO/N=C\C1CC1(C)c1ccc(F)c(C)c1. The maximum Gasteiger partial charge on any atom is 0.142 e. The molecule has 0 aromatic heterocycles. The van der Waals surface area contributed by atoms with E-state index in [1.165, 1.54) is 13.2 Å². The Balaban J connectivity index is 1.64. The highest BCUT2D eigenvalue weighted by atomic mass is 19.1. The summed E-state index contributed by atoms with van der Waals surface area (Å²) in [6, 6.07) is 13.2. The van der Waals surface area contributed by atoms with Gasteiger partial charge in [-0.3, -0.25) is 0 Å². The molecule has 0 bridgehead atoms. The fourth-order valence-electron chi connectivity index (χ4n) is 3.50. The number of aryl methyl sites for hydroxylation is 1. The molecule has 0 aliphatic heterocycles. The first kappa shape index (κ1) is 20.8. The van der Waals surface area contributed by atoms with Gasteiger partial charge in [0.1, 0.15) is 25.2 Å². The first-order chi connectivity index (χ1) is 13.9. The number of halogens is 1. The second-order valence-corrected chi connectivity index (χ2v) is 7.78. The molecule has 4 nitrogen and oxygen atoms in total. The molecule has 2 unspecified atom stereocenters. The van der Waals surface area contributed by atoms with Crippen LogP contribution in [0.15, 0.2) is 64.9 Å². The standard InChI is InChI=1S/C24H27FN2O2/c1-16(2)23(27-28-5)21-9-7-6-8-18(21)15-29-26-14-20-13-24(20,4)19-10-11-22(25)17(3)12-19/h6-12,14,20H,1,13,15H2,2-5H3/b26-14-,27-23-. The van der Waals surface area contributed by atoms with Crippen molar-refractivity contribution in [2.24, 2.45) is 16.2 Å². The molecule has 0 radical (unpaired) electrons. The summed E-state index contributed by atoms with van der Waals surface area (Å²) in [7, 11) is 1.52. The highest BCUT2D eigenvalue weighted by Crippen LogP contribution is 2.53. The van der Waals surface area contributed by atoms with Crippen LogP contribution in [0.25, 0.3) is 0 Å². The highest BCUT2D eigenvalue weighted by Gasteiger charge is 2.50. The molecule has 1 saturated carbocycles. The van der Waals surface area contributed by atoms with E-state index in [0.717, 1.165) is 28.7 Å². The Morgan fingerprint density at radius 1 is 1.31 bits per heavy atom. The van der Waals surface area contributed by atoms with Crippen LogP contribution in [-0.4, -0.2) is 19.0 Å². The Morgan fingerprint density at radius 3 is 2.76 bits per heavy atom. The monoisotopic (exact) mass is 394 g/mol. The predicted molar refractivity (Wildman–Crippen MR) is 115 cm³/mol. The van der Waals surface area contributed by atoms with E-state index < -0.39 is 0 Å². The van der Waals surface area contributed by atoms with Crippen molar-refractivity contribution in [1.29, 1.82) is 0 Å². The molecule has 0 amide bonds. The van der Waals surface area contributed by atoms with Gasteiger partial charge in [-0.05, 0) is 43.0 Å². The summed E-state index contributed by atoms with van der Waals surface area (Å²) in [5.74, 6) is 0.111. The van der Waals surface area contributed by atoms with Crippen LogP contribution in [0.2, 0.25) is 0 Å². The second-order valence-electron chi connectivity index (χ2n) is 7.78. The van der Waals surface area contributed by atoms with Crippen molar-refractivity contribution in [1.82, 2.24) is 0 Å². The number of benzene rings is 2. The Morgan fingerprint density at radius 2 is 2.07 bits per heavy atom. The van der Waals surface area contributed by atoms with Crippen LogP contribution in [0, 0.1) is 18.7 Å². The van der Waals surface area contributed by atoms with Crippen molar-refractivity contribution < 1.29 is 14.1 Å². The van der Waals surface area contributed by atoms with Crippen LogP contribution in [0.4, 0.5) is 4.39 Å². The molecule has 0 saturated heterocycles. The summed E-state index contributed by atoms with van der Waals surface area (Å²) in [5, 5.41) is 8.27. The summed E-state index contributed by atoms with van der Waals surface area (Å²) in [4.78, 5) is 10.5. The van der Waals surface area contributed by atoms with Crippen molar-refractivity contribution in [2.75, 3.05) is 7.11 Å². The molecule has 1 aliphatic rings. The zero-order valence-corrected chi connectivity index (χ0v) is 17.4. The molecule has 29 heavy (non-hydrogen) atoms. The van der Waals surface area contributed by atoms with Crippen LogP contribution < -0.4 is 0 Å². The van der Waals surface area contributed by atoms with E-state index in [0.29, 0.717) is 17.9 Å². The maximum atomic E-state index is 13.5. The number of nitrogens with zero attached hydrogens (tertiary/aromatic N) is 2. The minimum absolute atomic E-state index is 0.0124. The van der Waals surface area contributed by atoms with Crippen molar-refractivity contribution >= 4 is 11.9 Å². The van der Waals surface area contributed by atoms with Crippen LogP contribution in [0.5, 0.6) is 0 Å². The molecule has 1 aliphatic carbocycles. The van der Waals surface area contributed by atoms with E-state index in [1.807, 2.05) is 49.5 Å². The van der Waals surface area contributed by atoms with E-state index in [1.54, 1.807) is 6.92 Å². The Bertz CT molecular complexity index is 967. The average molecular weight is 394 g/mol. The van der Waals surface area contributed by atoms with E-state index in [2.05, 4.69) is 23.8 Å². The Hall–Kier alpha value is -2.95. The van der Waals surface area contributed by atoms with Gasteiger partial charge in [0.15, 0.2) is 0 Å². The zero-order chi connectivity index (χ0) is 21.0. The van der Waals surface area contributed by atoms with Crippen LogP contribution in [0.3, 0.4) is 0 Å². The summed E-state index contributed by atoms with van der Waals surface area (Å²) in [5.41, 5.74) is 5.17. The van der Waals surface area contributed by atoms with Crippen molar-refractivity contribution in [3.63, 3.8) is 0 Å². The zero-order valence-electron chi connectivity index (χ0n) is 17.4. The third-order valence-electron chi connectivity index (χ3n) is 5.51. The minimum atomic E-state index is -0.170. The molecule has 2 aromatic carbocycles. The van der Waals surface area contributed by atoms with Gasteiger partial charge in [0, 0.05) is 28.7 Å². The topological polar surface area (TPSA) is 43.2 Å². The molecule has 3 rings (SSSR count). The van der Waals surface area contributed by atoms with E-state index in [-0.39, 0.29) is 17.2 Å². The van der Waals surface area contributed by atoms with Crippen molar-refractivity contribution in [3.8, 4) is 0 Å². The normalized spacial score (nSPS) is 21.3. The highest BCUT2D eigenvalue weighted by molar-refractivity contribution is 6.12. The van der Waals surface area contributed by atoms with Gasteiger partial charge in [0.25, 0.3) is 0 Å². The summed E-state index contributed by atoms with van der Waals surface area (Å²) < 4.78 is 13.5. The molecular formula is C24H27FN2O2.